The van der Waals surface area contributed by atoms with E-state index in [1.54, 1.807) is 14.2 Å². The van der Waals surface area contributed by atoms with Crippen LogP contribution in [0.5, 0.6) is 11.5 Å². The van der Waals surface area contributed by atoms with Crippen molar-refractivity contribution >= 4 is 34.1 Å². The molecule has 2 aromatic heterocycles. The molecule has 0 bridgehead atoms. The van der Waals surface area contributed by atoms with Crippen LogP contribution in [0.3, 0.4) is 0 Å². The Bertz CT molecular complexity index is 962. The molecule has 0 amide bonds. The number of hydrogen-bond donors (Lipinski definition) is 1. The predicted octanol–water partition coefficient (Wildman–Crippen LogP) is 4.19. The fourth-order valence-electron chi connectivity index (χ4n) is 3.59. The van der Waals surface area contributed by atoms with Crippen LogP contribution >= 0.6 is 28.3 Å². The number of benzene rings is 1. The number of ether oxygens (including phenoxy) is 2. The summed E-state index contributed by atoms with van der Waals surface area (Å²) in [5.74, 6) is 2.54. The second-order valence-corrected chi connectivity index (χ2v) is 7.50. The zero-order valence-electron chi connectivity index (χ0n) is 15.2. The first-order valence-corrected chi connectivity index (χ1v) is 9.41. The third kappa shape index (κ3) is 3.77. The molecule has 0 saturated heterocycles. The van der Waals surface area contributed by atoms with Gasteiger partial charge in [0.2, 0.25) is 5.78 Å². The van der Waals surface area contributed by atoms with Crippen LogP contribution in [0.2, 0.25) is 0 Å². The van der Waals surface area contributed by atoms with Crippen LogP contribution in [0.15, 0.2) is 35.1 Å². The SMILES string of the molecule is COc1cc(OC)c(-c2cn3ccc(C4CCC(N)C4)nc3n2)cc1Br.Cl. The second kappa shape index (κ2) is 8.04. The standard InChI is InChI=1S/C19H21BrN4O2.ClH/c1-25-17-9-18(26-2)14(20)8-13(17)16-10-24-6-5-15(22-19(24)23-16)11-3-4-12(21)7-11;/h5-6,8-12H,3-4,7,21H2,1-2H3;1H. The van der Waals surface area contributed by atoms with Gasteiger partial charge in [0.1, 0.15) is 11.5 Å². The largest absolute Gasteiger partial charge is 0.496 e. The van der Waals surface area contributed by atoms with Crippen molar-refractivity contribution in [2.45, 2.75) is 31.2 Å². The van der Waals surface area contributed by atoms with E-state index in [2.05, 4.69) is 22.0 Å². The van der Waals surface area contributed by atoms with Crippen molar-refractivity contribution in [2.24, 2.45) is 5.73 Å². The van der Waals surface area contributed by atoms with E-state index in [0.717, 1.165) is 40.7 Å². The first kappa shape index (κ1) is 19.9. The van der Waals surface area contributed by atoms with E-state index < -0.39 is 0 Å². The van der Waals surface area contributed by atoms with Crippen molar-refractivity contribution in [1.29, 1.82) is 0 Å². The summed E-state index contributed by atoms with van der Waals surface area (Å²) in [6.07, 6.45) is 7.13. The number of hydrogen-bond acceptors (Lipinski definition) is 5. The van der Waals surface area contributed by atoms with Crippen molar-refractivity contribution in [1.82, 2.24) is 14.4 Å². The number of aromatic nitrogens is 3. The summed E-state index contributed by atoms with van der Waals surface area (Å²) in [6, 6.07) is 6.16. The van der Waals surface area contributed by atoms with Crippen LogP contribution in [0.4, 0.5) is 0 Å². The van der Waals surface area contributed by atoms with Gasteiger partial charge in [0, 0.05) is 41.7 Å². The van der Waals surface area contributed by atoms with Crippen molar-refractivity contribution in [3.8, 4) is 22.8 Å². The van der Waals surface area contributed by atoms with E-state index in [9.17, 15) is 0 Å². The monoisotopic (exact) mass is 452 g/mol. The number of nitrogens with zero attached hydrogens (tertiary/aromatic N) is 3. The molecule has 144 valence electrons. The molecule has 2 unspecified atom stereocenters. The van der Waals surface area contributed by atoms with Gasteiger partial charge in [-0.15, -0.1) is 12.4 Å². The molecule has 2 N–H and O–H groups in total. The molecule has 3 aromatic rings. The predicted molar refractivity (Wildman–Crippen MR) is 111 cm³/mol. The van der Waals surface area contributed by atoms with E-state index in [1.165, 1.54) is 0 Å². The van der Waals surface area contributed by atoms with Gasteiger partial charge in [0.25, 0.3) is 0 Å². The number of imidazole rings is 1. The van der Waals surface area contributed by atoms with E-state index in [4.69, 9.17) is 25.2 Å². The molecule has 1 aliphatic rings. The van der Waals surface area contributed by atoms with Crippen LogP contribution in [0.25, 0.3) is 17.0 Å². The molecule has 2 atom stereocenters. The normalized spacial score (nSPS) is 19.1. The lowest BCUT2D eigenvalue weighted by Crippen LogP contribution is -2.14. The maximum absolute atomic E-state index is 6.05. The summed E-state index contributed by atoms with van der Waals surface area (Å²) >= 11 is 3.53. The third-order valence-electron chi connectivity index (χ3n) is 4.99. The Labute approximate surface area is 172 Å². The first-order chi connectivity index (χ1) is 12.6. The maximum Gasteiger partial charge on any atom is 0.234 e. The molecule has 1 aliphatic carbocycles. The summed E-state index contributed by atoms with van der Waals surface area (Å²) in [7, 11) is 3.27. The highest BCUT2D eigenvalue weighted by molar-refractivity contribution is 9.10. The van der Waals surface area contributed by atoms with Crippen molar-refractivity contribution in [2.75, 3.05) is 14.2 Å². The number of rotatable bonds is 4. The molecule has 0 aliphatic heterocycles. The Morgan fingerprint density at radius 3 is 2.59 bits per heavy atom. The summed E-state index contributed by atoms with van der Waals surface area (Å²) in [4.78, 5) is 9.49. The maximum atomic E-state index is 6.05. The Morgan fingerprint density at radius 2 is 1.93 bits per heavy atom. The van der Waals surface area contributed by atoms with E-state index in [1.807, 2.05) is 28.9 Å². The van der Waals surface area contributed by atoms with Gasteiger partial charge < -0.3 is 15.2 Å². The van der Waals surface area contributed by atoms with Crippen LogP contribution in [-0.4, -0.2) is 34.6 Å². The van der Waals surface area contributed by atoms with Gasteiger partial charge in [-0.25, -0.2) is 9.97 Å². The number of nitrogens with two attached hydrogens (primary N) is 1. The molecule has 0 spiro atoms. The molecule has 6 nitrogen and oxygen atoms in total. The van der Waals surface area contributed by atoms with Crippen LogP contribution in [0.1, 0.15) is 30.9 Å². The molecular formula is C19H22BrClN4O2. The van der Waals surface area contributed by atoms with Gasteiger partial charge in [-0.1, -0.05) is 0 Å². The molecule has 1 saturated carbocycles. The van der Waals surface area contributed by atoms with Crippen molar-refractivity contribution in [3.63, 3.8) is 0 Å². The lowest BCUT2D eigenvalue weighted by Gasteiger charge is -2.10. The molecule has 0 radical (unpaired) electrons. The Balaban J connectivity index is 0.00000210. The Kier molecular flexibility index (Phi) is 5.93. The van der Waals surface area contributed by atoms with E-state index in [0.29, 0.717) is 23.2 Å². The minimum atomic E-state index is 0. The average Bonchev–Trinajstić information content (AvgIpc) is 3.26. The highest BCUT2D eigenvalue weighted by Crippen LogP contribution is 2.38. The topological polar surface area (TPSA) is 74.7 Å². The molecular weight excluding hydrogens is 432 g/mol. The zero-order valence-corrected chi connectivity index (χ0v) is 17.6. The smallest absolute Gasteiger partial charge is 0.234 e. The fraction of sp³-hybridized carbons (Fsp3) is 0.368. The molecule has 1 aromatic carbocycles. The van der Waals surface area contributed by atoms with Crippen LogP contribution in [0, 0.1) is 0 Å². The average molecular weight is 454 g/mol. The minimum Gasteiger partial charge on any atom is -0.496 e. The highest BCUT2D eigenvalue weighted by atomic mass is 79.9. The van der Waals surface area contributed by atoms with Gasteiger partial charge in [0.15, 0.2) is 0 Å². The van der Waals surface area contributed by atoms with Crippen LogP contribution < -0.4 is 15.2 Å². The quantitative estimate of drug-likeness (QED) is 0.641. The Morgan fingerprint density at radius 1 is 1.15 bits per heavy atom. The lowest BCUT2D eigenvalue weighted by molar-refractivity contribution is 0.393. The van der Waals surface area contributed by atoms with Gasteiger partial charge in [-0.3, -0.25) is 4.40 Å². The number of methoxy groups -OCH3 is 2. The third-order valence-corrected chi connectivity index (χ3v) is 5.61. The molecule has 8 heteroatoms. The van der Waals surface area contributed by atoms with Crippen LogP contribution in [-0.2, 0) is 0 Å². The van der Waals surface area contributed by atoms with Crippen molar-refractivity contribution < 1.29 is 9.47 Å². The van der Waals surface area contributed by atoms with Gasteiger partial charge in [-0.2, -0.15) is 0 Å². The molecule has 27 heavy (non-hydrogen) atoms. The molecule has 2 heterocycles. The van der Waals surface area contributed by atoms with Gasteiger partial charge >= 0.3 is 0 Å². The molecule has 4 rings (SSSR count). The summed E-state index contributed by atoms with van der Waals surface area (Å²) in [6.45, 7) is 0. The summed E-state index contributed by atoms with van der Waals surface area (Å²) < 4.78 is 13.7. The first-order valence-electron chi connectivity index (χ1n) is 8.62. The highest BCUT2D eigenvalue weighted by Gasteiger charge is 2.24. The van der Waals surface area contributed by atoms with E-state index >= 15 is 0 Å². The lowest BCUT2D eigenvalue weighted by atomic mass is 10.0. The zero-order chi connectivity index (χ0) is 18.3. The van der Waals surface area contributed by atoms with E-state index in [-0.39, 0.29) is 18.4 Å². The second-order valence-electron chi connectivity index (χ2n) is 6.64. The van der Waals surface area contributed by atoms with Crippen molar-refractivity contribution in [3.05, 3.63) is 40.8 Å². The van der Waals surface area contributed by atoms with Gasteiger partial charge in [-0.05, 0) is 47.3 Å². The Hall–Kier alpha value is -1.83. The summed E-state index contributed by atoms with van der Waals surface area (Å²) in [5, 5.41) is 0. The van der Waals surface area contributed by atoms with Gasteiger partial charge in [0.05, 0.1) is 24.4 Å². The fourth-order valence-corrected chi connectivity index (χ4v) is 4.09. The minimum absolute atomic E-state index is 0. The number of halogens is 2. The summed E-state index contributed by atoms with van der Waals surface area (Å²) in [5.41, 5.74) is 8.81. The molecule has 1 fully saturated rings. The number of fused-ring (bicyclic) bond motifs is 1.